The molecule has 1 aromatic heterocycles. The first-order chi connectivity index (χ1) is 15.6. The van der Waals surface area contributed by atoms with Gasteiger partial charge in [-0.25, -0.2) is 4.68 Å². The minimum atomic E-state index is -0.299. The monoisotopic (exact) mass is 434 g/mol. The Kier molecular flexibility index (Phi) is 6.39. The van der Waals surface area contributed by atoms with E-state index in [0.29, 0.717) is 18.8 Å². The molecule has 1 saturated heterocycles. The fourth-order valence-corrected chi connectivity index (χ4v) is 3.71. The first-order valence-electron chi connectivity index (χ1n) is 10.5. The summed E-state index contributed by atoms with van der Waals surface area (Å²) in [5, 5.41) is 4.41. The third kappa shape index (κ3) is 4.74. The molecule has 3 aromatic rings. The molecule has 0 saturated carbocycles. The predicted molar refractivity (Wildman–Crippen MR) is 122 cm³/mol. The molecular formula is C24H26N4O4. The summed E-state index contributed by atoms with van der Waals surface area (Å²) in [7, 11) is 3.25. The molecule has 1 aliphatic rings. The average molecular weight is 434 g/mol. The second kappa shape index (κ2) is 9.55. The molecule has 4 rings (SSSR count). The maximum absolute atomic E-state index is 12.9. The van der Waals surface area contributed by atoms with Crippen LogP contribution in [-0.4, -0.2) is 61.0 Å². The molecule has 2 heterocycles. The van der Waals surface area contributed by atoms with Crippen LogP contribution >= 0.6 is 0 Å². The zero-order valence-electron chi connectivity index (χ0n) is 18.2. The number of carbonyl (C=O) groups is 1. The fraction of sp³-hybridized carbons (Fsp3) is 0.292. The average Bonchev–Trinajstić information content (AvgIpc) is 2.85. The molecule has 0 unspecified atom stereocenters. The van der Waals surface area contributed by atoms with Gasteiger partial charge in [-0.15, -0.1) is 0 Å². The van der Waals surface area contributed by atoms with Crippen LogP contribution in [0.4, 0.5) is 5.69 Å². The SMILES string of the molecule is COc1ccc(-c2ccc(=O)n(CC(=O)N3CCN(c4ccc(OC)cc4)CC3)n2)cc1. The van der Waals surface area contributed by atoms with Crippen LogP contribution in [0.3, 0.4) is 0 Å². The van der Waals surface area contributed by atoms with Crippen molar-refractivity contribution in [3.05, 3.63) is 71.0 Å². The Morgan fingerprint density at radius 2 is 1.44 bits per heavy atom. The van der Waals surface area contributed by atoms with Crippen LogP contribution in [-0.2, 0) is 11.3 Å². The van der Waals surface area contributed by atoms with Gasteiger partial charge in [0.15, 0.2) is 0 Å². The van der Waals surface area contributed by atoms with Gasteiger partial charge in [-0.1, -0.05) is 0 Å². The number of hydrogen-bond donors (Lipinski definition) is 0. The fourth-order valence-electron chi connectivity index (χ4n) is 3.71. The van der Waals surface area contributed by atoms with Gasteiger partial charge in [0.05, 0.1) is 19.9 Å². The number of amides is 1. The number of piperazine rings is 1. The zero-order chi connectivity index (χ0) is 22.5. The van der Waals surface area contributed by atoms with Gasteiger partial charge in [-0.05, 0) is 54.6 Å². The molecule has 32 heavy (non-hydrogen) atoms. The van der Waals surface area contributed by atoms with E-state index < -0.39 is 0 Å². The van der Waals surface area contributed by atoms with Gasteiger partial charge >= 0.3 is 0 Å². The zero-order valence-corrected chi connectivity index (χ0v) is 18.2. The van der Waals surface area contributed by atoms with Crippen molar-refractivity contribution in [3.8, 4) is 22.8 Å². The van der Waals surface area contributed by atoms with Gasteiger partial charge in [0.2, 0.25) is 5.91 Å². The lowest BCUT2D eigenvalue weighted by Gasteiger charge is -2.36. The van der Waals surface area contributed by atoms with Crippen molar-refractivity contribution in [2.45, 2.75) is 6.54 Å². The molecule has 166 valence electrons. The van der Waals surface area contributed by atoms with Crippen LogP contribution in [0, 0.1) is 0 Å². The highest BCUT2D eigenvalue weighted by atomic mass is 16.5. The Morgan fingerprint density at radius 1 is 0.844 bits per heavy atom. The molecule has 1 fully saturated rings. The van der Waals surface area contributed by atoms with E-state index in [1.807, 2.05) is 48.5 Å². The van der Waals surface area contributed by atoms with Gasteiger partial charge in [-0.3, -0.25) is 9.59 Å². The highest BCUT2D eigenvalue weighted by molar-refractivity contribution is 5.76. The van der Waals surface area contributed by atoms with Gasteiger partial charge < -0.3 is 19.3 Å². The number of methoxy groups -OCH3 is 2. The Hall–Kier alpha value is -3.81. The molecule has 1 amide bonds. The molecule has 8 nitrogen and oxygen atoms in total. The van der Waals surface area contributed by atoms with Crippen LogP contribution < -0.4 is 19.9 Å². The summed E-state index contributed by atoms with van der Waals surface area (Å²) in [6.45, 7) is 2.57. The summed E-state index contributed by atoms with van der Waals surface area (Å²) in [4.78, 5) is 29.2. The van der Waals surface area contributed by atoms with E-state index in [9.17, 15) is 9.59 Å². The lowest BCUT2D eigenvalue weighted by molar-refractivity contribution is -0.132. The summed E-state index contributed by atoms with van der Waals surface area (Å²) in [6, 6.07) is 18.4. The molecule has 0 radical (unpaired) electrons. The minimum Gasteiger partial charge on any atom is -0.497 e. The second-order valence-electron chi connectivity index (χ2n) is 7.51. The Bertz CT molecular complexity index is 1120. The highest BCUT2D eigenvalue weighted by Gasteiger charge is 2.22. The van der Waals surface area contributed by atoms with E-state index in [1.54, 1.807) is 25.2 Å². The second-order valence-corrected chi connectivity index (χ2v) is 7.51. The number of anilines is 1. The Balaban J connectivity index is 1.40. The molecule has 0 atom stereocenters. The van der Waals surface area contributed by atoms with Gasteiger partial charge in [0, 0.05) is 43.5 Å². The standard InChI is InChI=1S/C24H26N4O4/c1-31-20-7-3-18(4-8-20)22-11-12-23(29)28(25-22)17-24(30)27-15-13-26(14-16-27)19-5-9-21(32-2)10-6-19/h3-12H,13-17H2,1-2H3. The van der Waals surface area contributed by atoms with Crippen LogP contribution in [0.25, 0.3) is 11.3 Å². The summed E-state index contributed by atoms with van der Waals surface area (Å²) in [6.07, 6.45) is 0. The smallest absolute Gasteiger partial charge is 0.267 e. The van der Waals surface area contributed by atoms with Crippen molar-refractivity contribution in [3.63, 3.8) is 0 Å². The van der Waals surface area contributed by atoms with Crippen molar-refractivity contribution in [2.24, 2.45) is 0 Å². The first-order valence-corrected chi connectivity index (χ1v) is 10.5. The summed E-state index contributed by atoms with van der Waals surface area (Å²) < 4.78 is 11.6. The van der Waals surface area contributed by atoms with Gasteiger partial charge in [-0.2, -0.15) is 5.10 Å². The van der Waals surface area contributed by atoms with E-state index in [4.69, 9.17) is 9.47 Å². The molecular weight excluding hydrogens is 408 g/mol. The van der Waals surface area contributed by atoms with Crippen molar-refractivity contribution >= 4 is 11.6 Å². The Labute approximate surface area is 186 Å². The van der Waals surface area contributed by atoms with Crippen LogP contribution in [0.1, 0.15) is 0 Å². The first kappa shape index (κ1) is 21.4. The molecule has 0 N–H and O–H groups in total. The molecule has 0 aliphatic carbocycles. The molecule has 1 aliphatic heterocycles. The summed E-state index contributed by atoms with van der Waals surface area (Å²) >= 11 is 0. The molecule has 8 heteroatoms. The van der Waals surface area contributed by atoms with Crippen molar-refractivity contribution in [1.82, 2.24) is 14.7 Å². The maximum Gasteiger partial charge on any atom is 0.267 e. The van der Waals surface area contributed by atoms with E-state index in [-0.39, 0.29) is 18.0 Å². The number of nitrogens with zero attached hydrogens (tertiary/aromatic N) is 4. The molecule has 0 spiro atoms. The number of hydrogen-bond acceptors (Lipinski definition) is 6. The summed E-state index contributed by atoms with van der Waals surface area (Å²) in [5.74, 6) is 1.45. The third-order valence-corrected chi connectivity index (χ3v) is 5.61. The quantitative estimate of drug-likeness (QED) is 0.593. The number of aromatic nitrogens is 2. The molecule has 0 bridgehead atoms. The lowest BCUT2D eigenvalue weighted by atomic mass is 10.1. The largest absolute Gasteiger partial charge is 0.497 e. The van der Waals surface area contributed by atoms with Crippen molar-refractivity contribution in [1.29, 1.82) is 0 Å². The van der Waals surface area contributed by atoms with Crippen LogP contribution in [0.15, 0.2) is 65.5 Å². The lowest BCUT2D eigenvalue weighted by Crippen LogP contribution is -2.50. The van der Waals surface area contributed by atoms with E-state index in [1.165, 1.54) is 10.7 Å². The van der Waals surface area contributed by atoms with Crippen molar-refractivity contribution in [2.75, 3.05) is 45.3 Å². The summed E-state index contributed by atoms with van der Waals surface area (Å²) in [5.41, 5.74) is 2.28. The van der Waals surface area contributed by atoms with E-state index in [2.05, 4.69) is 10.00 Å². The third-order valence-electron chi connectivity index (χ3n) is 5.61. The molecule has 2 aromatic carbocycles. The maximum atomic E-state index is 12.9. The number of rotatable bonds is 6. The number of ether oxygens (including phenoxy) is 2. The van der Waals surface area contributed by atoms with E-state index >= 15 is 0 Å². The van der Waals surface area contributed by atoms with Gasteiger partial charge in [0.1, 0.15) is 18.0 Å². The van der Waals surface area contributed by atoms with Crippen molar-refractivity contribution < 1.29 is 14.3 Å². The van der Waals surface area contributed by atoms with E-state index in [0.717, 1.165) is 35.8 Å². The predicted octanol–water partition coefficient (Wildman–Crippen LogP) is 2.28. The number of carbonyl (C=O) groups excluding carboxylic acids is 1. The highest BCUT2D eigenvalue weighted by Crippen LogP contribution is 2.21. The van der Waals surface area contributed by atoms with Crippen LogP contribution in [0.2, 0.25) is 0 Å². The normalized spacial score (nSPS) is 13.7. The van der Waals surface area contributed by atoms with Gasteiger partial charge in [0.25, 0.3) is 5.56 Å². The Morgan fingerprint density at radius 3 is 2.03 bits per heavy atom. The number of benzene rings is 2. The van der Waals surface area contributed by atoms with Crippen LogP contribution in [0.5, 0.6) is 11.5 Å². The topological polar surface area (TPSA) is 76.9 Å². The minimum absolute atomic E-state index is 0.0780.